The maximum absolute atomic E-state index is 12.5. The summed E-state index contributed by atoms with van der Waals surface area (Å²) in [5, 5.41) is 0. The second kappa shape index (κ2) is 6.25. The van der Waals surface area contributed by atoms with Crippen LogP contribution >= 0.6 is 0 Å². The number of ether oxygens (including phenoxy) is 1. The average molecular weight is 265 g/mol. The number of nitrogens with zero attached hydrogens (tertiary/aromatic N) is 1. The number of amides is 1. The predicted molar refractivity (Wildman–Crippen MR) is 74.8 cm³/mol. The Bertz CT molecular complexity index is 306. The molecule has 108 valence electrons. The van der Waals surface area contributed by atoms with Gasteiger partial charge in [0.1, 0.15) is 0 Å². The molecule has 3 nitrogen and oxygen atoms in total. The van der Waals surface area contributed by atoms with E-state index in [2.05, 4.69) is 4.90 Å². The Morgan fingerprint density at radius 1 is 0.895 bits per heavy atom. The molecule has 0 bridgehead atoms. The summed E-state index contributed by atoms with van der Waals surface area (Å²) in [7, 11) is 0. The van der Waals surface area contributed by atoms with Crippen molar-refractivity contribution in [2.24, 2.45) is 17.8 Å². The SMILES string of the molecule is O=C(C1CCOCC1)N1CC[C@H](C2CCCCC2)C1. The van der Waals surface area contributed by atoms with Crippen LogP contribution in [-0.2, 0) is 9.53 Å². The van der Waals surface area contributed by atoms with Gasteiger partial charge in [0.05, 0.1) is 0 Å². The van der Waals surface area contributed by atoms with Crippen LogP contribution < -0.4 is 0 Å². The van der Waals surface area contributed by atoms with Crippen molar-refractivity contribution >= 4 is 5.91 Å². The number of likely N-dealkylation sites (tertiary alicyclic amines) is 1. The summed E-state index contributed by atoms with van der Waals surface area (Å²) >= 11 is 0. The highest BCUT2D eigenvalue weighted by atomic mass is 16.5. The van der Waals surface area contributed by atoms with Gasteiger partial charge in [0, 0.05) is 32.2 Å². The Kier molecular flexibility index (Phi) is 4.42. The molecule has 0 radical (unpaired) electrons. The Morgan fingerprint density at radius 3 is 2.37 bits per heavy atom. The number of carbonyl (C=O) groups excluding carboxylic acids is 1. The molecule has 0 unspecified atom stereocenters. The van der Waals surface area contributed by atoms with Crippen molar-refractivity contribution < 1.29 is 9.53 Å². The second-order valence-electron chi connectivity index (χ2n) is 6.62. The van der Waals surface area contributed by atoms with Crippen LogP contribution in [0.15, 0.2) is 0 Å². The minimum Gasteiger partial charge on any atom is -0.381 e. The van der Waals surface area contributed by atoms with E-state index in [0.29, 0.717) is 5.91 Å². The van der Waals surface area contributed by atoms with Gasteiger partial charge in [0.2, 0.25) is 5.91 Å². The monoisotopic (exact) mass is 265 g/mol. The van der Waals surface area contributed by atoms with E-state index >= 15 is 0 Å². The zero-order chi connectivity index (χ0) is 13.1. The van der Waals surface area contributed by atoms with Crippen LogP contribution in [-0.4, -0.2) is 37.1 Å². The van der Waals surface area contributed by atoms with Crippen molar-refractivity contribution in [1.82, 2.24) is 4.90 Å². The molecule has 3 fully saturated rings. The van der Waals surface area contributed by atoms with Gasteiger partial charge < -0.3 is 9.64 Å². The molecule has 0 aromatic heterocycles. The minimum atomic E-state index is 0.249. The fourth-order valence-electron chi connectivity index (χ4n) is 4.18. The second-order valence-corrected chi connectivity index (χ2v) is 6.62. The van der Waals surface area contributed by atoms with Gasteiger partial charge in [-0.05, 0) is 31.1 Å². The fraction of sp³-hybridized carbons (Fsp3) is 0.938. The molecule has 3 aliphatic rings. The molecule has 1 atom stereocenters. The van der Waals surface area contributed by atoms with Crippen molar-refractivity contribution in [3.8, 4) is 0 Å². The zero-order valence-corrected chi connectivity index (χ0v) is 12.0. The van der Waals surface area contributed by atoms with E-state index in [9.17, 15) is 4.79 Å². The maximum atomic E-state index is 12.5. The molecule has 2 saturated heterocycles. The van der Waals surface area contributed by atoms with E-state index in [1.54, 1.807) is 0 Å². The topological polar surface area (TPSA) is 29.5 Å². The van der Waals surface area contributed by atoms with Gasteiger partial charge >= 0.3 is 0 Å². The third-order valence-corrected chi connectivity index (χ3v) is 5.42. The molecular weight excluding hydrogens is 238 g/mol. The normalized spacial score (nSPS) is 30.7. The van der Waals surface area contributed by atoms with E-state index in [1.165, 1.54) is 38.5 Å². The number of rotatable bonds is 2. The lowest BCUT2D eigenvalue weighted by Crippen LogP contribution is -2.37. The van der Waals surface area contributed by atoms with E-state index in [1.807, 2.05) is 0 Å². The first kappa shape index (κ1) is 13.4. The molecular formula is C16H27NO2. The summed E-state index contributed by atoms with van der Waals surface area (Å²) in [6, 6.07) is 0. The molecule has 1 saturated carbocycles. The molecule has 0 aromatic carbocycles. The van der Waals surface area contributed by atoms with Gasteiger partial charge in [-0.15, -0.1) is 0 Å². The van der Waals surface area contributed by atoms with Crippen LogP contribution in [0.2, 0.25) is 0 Å². The van der Waals surface area contributed by atoms with Gasteiger partial charge in [0.15, 0.2) is 0 Å². The van der Waals surface area contributed by atoms with Crippen molar-refractivity contribution in [3.05, 3.63) is 0 Å². The summed E-state index contributed by atoms with van der Waals surface area (Å²) in [6.07, 6.45) is 10.2. The van der Waals surface area contributed by atoms with Crippen molar-refractivity contribution in [2.75, 3.05) is 26.3 Å². The third kappa shape index (κ3) is 3.13. The van der Waals surface area contributed by atoms with Crippen LogP contribution in [0.1, 0.15) is 51.4 Å². The lowest BCUT2D eigenvalue weighted by atomic mass is 9.79. The molecule has 3 rings (SSSR count). The van der Waals surface area contributed by atoms with E-state index < -0.39 is 0 Å². The van der Waals surface area contributed by atoms with E-state index in [-0.39, 0.29) is 5.92 Å². The Hall–Kier alpha value is -0.570. The summed E-state index contributed by atoms with van der Waals surface area (Å²) in [5.74, 6) is 2.37. The molecule has 19 heavy (non-hydrogen) atoms. The van der Waals surface area contributed by atoms with Gasteiger partial charge in [-0.2, -0.15) is 0 Å². The third-order valence-electron chi connectivity index (χ3n) is 5.42. The maximum Gasteiger partial charge on any atom is 0.225 e. The quantitative estimate of drug-likeness (QED) is 0.768. The Balaban J connectivity index is 1.51. The van der Waals surface area contributed by atoms with Gasteiger partial charge in [-0.25, -0.2) is 0 Å². The first-order valence-corrected chi connectivity index (χ1v) is 8.21. The fourth-order valence-corrected chi connectivity index (χ4v) is 4.18. The average Bonchev–Trinajstić information content (AvgIpc) is 2.98. The first-order chi connectivity index (χ1) is 9.34. The van der Waals surface area contributed by atoms with Crippen LogP contribution in [0, 0.1) is 17.8 Å². The van der Waals surface area contributed by atoms with Crippen LogP contribution in [0.3, 0.4) is 0 Å². The summed E-state index contributed by atoms with van der Waals surface area (Å²) in [4.78, 5) is 14.7. The van der Waals surface area contributed by atoms with E-state index in [4.69, 9.17) is 4.74 Å². The first-order valence-electron chi connectivity index (χ1n) is 8.21. The molecule has 3 heteroatoms. The van der Waals surface area contributed by atoms with E-state index in [0.717, 1.165) is 51.0 Å². The number of carbonyl (C=O) groups is 1. The van der Waals surface area contributed by atoms with Gasteiger partial charge in [-0.3, -0.25) is 4.79 Å². The highest BCUT2D eigenvalue weighted by Gasteiger charge is 2.35. The van der Waals surface area contributed by atoms with Crippen molar-refractivity contribution in [2.45, 2.75) is 51.4 Å². The van der Waals surface area contributed by atoms with Crippen LogP contribution in [0.5, 0.6) is 0 Å². The predicted octanol–water partition coefficient (Wildman–Crippen LogP) is 2.84. The van der Waals surface area contributed by atoms with Gasteiger partial charge in [0.25, 0.3) is 0 Å². The largest absolute Gasteiger partial charge is 0.381 e. The highest BCUT2D eigenvalue weighted by Crippen LogP contribution is 2.35. The summed E-state index contributed by atoms with van der Waals surface area (Å²) in [6.45, 7) is 3.60. The Labute approximate surface area is 116 Å². The Morgan fingerprint density at radius 2 is 1.63 bits per heavy atom. The lowest BCUT2D eigenvalue weighted by molar-refractivity contribution is -0.137. The molecule has 0 spiro atoms. The molecule has 0 N–H and O–H groups in total. The molecule has 2 heterocycles. The standard InChI is InChI=1S/C16H27NO2/c18-16(14-7-10-19-11-8-14)17-9-6-15(12-17)13-4-2-1-3-5-13/h13-15H,1-12H2/t15-/m0/s1. The summed E-state index contributed by atoms with van der Waals surface area (Å²) in [5.41, 5.74) is 0. The molecule has 1 amide bonds. The lowest BCUT2D eigenvalue weighted by Gasteiger charge is -2.29. The molecule has 1 aliphatic carbocycles. The zero-order valence-electron chi connectivity index (χ0n) is 12.0. The van der Waals surface area contributed by atoms with Crippen LogP contribution in [0.4, 0.5) is 0 Å². The highest BCUT2D eigenvalue weighted by molar-refractivity contribution is 5.79. The number of hydrogen-bond acceptors (Lipinski definition) is 2. The van der Waals surface area contributed by atoms with Crippen LogP contribution in [0.25, 0.3) is 0 Å². The smallest absolute Gasteiger partial charge is 0.225 e. The van der Waals surface area contributed by atoms with Crippen molar-refractivity contribution in [1.29, 1.82) is 0 Å². The number of hydrogen-bond donors (Lipinski definition) is 0. The minimum absolute atomic E-state index is 0.249. The summed E-state index contributed by atoms with van der Waals surface area (Å²) < 4.78 is 5.36. The molecule has 2 aliphatic heterocycles. The van der Waals surface area contributed by atoms with Gasteiger partial charge in [-0.1, -0.05) is 32.1 Å². The van der Waals surface area contributed by atoms with Crippen molar-refractivity contribution in [3.63, 3.8) is 0 Å². The molecule has 0 aromatic rings.